The van der Waals surface area contributed by atoms with Crippen molar-refractivity contribution in [1.29, 1.82) is 10.5 Å². The summed E-state index contributed by atoms with van der Waals surface area (Å²) < 4.78 is 0. The third kappa shape index (κ3) is 2.17. The molecular weight excluding hydrogens is 266 g/mol. The third-order valence-corrected chi connectivity index (χ3v) is 4.03. The second-order valence-electron chi connectivity index (χ2n) is 5.13. The summed E-state index contributed by atoms with van der Waals surface area (Å²) in [6.45, 7) is 1.91. The number of nitriles is 2. The molecule has 1 fully saturated rings. The van der Waals surface area contributed by atoms with Crippen molar-refractivity contribution in [1.82, 2.24) is 5.32 Å². The number of nitrogens with one attached hydrogen (secondary N) is 1. The summed E-state index contributed by atoms with van der Waals surface area (Å²) in [6, 6.07) is 12.9. The van der Waals surface area contributed by atoms with E-state index in [0.717, 1.165) is 0 Å². The molecule has 0 spiro atoms. The van der Waals surface area contributed by atoms with Gasteiger partial charge in [0.15, 0.2) is 0 Å². The molecule has 1 aromatic carbocycles. The lowest BCUT2D eigenvalue weighted by atomic mass is 9.58. The van der Waals surface area contributed by atoms with Gasteiger partial charge in [-0.25, -0.2) is 0 Å². The van der Waals surface area contributed by atoms with Crippen molar-refractivity contribution in [3.05, 3.63) is 35.9 Å². The van der Waals surface area contributed by atoms with Crippen LogP contribution in [0, 0.1) is 34.5 Å². The smallest absolute Gasteiger partial charge is 0.244 e. The van der Waals surface area contributed by atoms with Crippen molar-refractivity contribution in [3.8, 4) is 12.1 Å². The molecule has 2 unspecified atom stereocenters. The van der Waals surface area contributed by atoms with Crippen LogP contribution in [-0.4, -0.2) is 11.8 Å². The molecule has 1 aromatic rings. The predicted molar refractivity (Wildman–Crippen MR) is 74.4 cm³/mol. The lowest BCUT2D eigenvalue weighted by Gasteiger charge is -2.43. The molecule has 0 radical (unpaired) electrons. The molecule has 1 aliphatic heterocycles. The summed E-state index contributed by atoms with van der Waals surface area (Å²) in [7, 11) is 0. The Balaban J connectivity index is 2.73. The van der Waals surface area contributed by atoms with E-state index in [1.54, 1.807) is 24.3 Å². The van der Waals surface area contributed by atoms with E-state index in [4.69, 9.17) is 0 Å². The summed E-state index contributed by atoms with van der Waals surface area (Å²) in [6.07, 6.45) is 1.08. The van der Waals surface area contributed by atoms with Gasteiger partial charge in [-0.05, 0) is 12.0 Å². The molecule has 21 heavy (non-hydrogen) atoms. The Labute approximate surface area is 123 Å². The summed E-state index contributed by atoms with van der Waals surface area (Å²) >= 11 is 0. The maximum absolute atomic E-state index is 12.1. The van der Waals surface area contributed by atoms with Crippen LogP contribution in [0.5, 0.6) is 0 Å². The highest BCUT2D eigenvalue weighted by atomic mass is 16.2. The van der Waals surface area contributed by atoms with E-state index in [2.05, 4.69) is 5.32 Å². The molecule has 0 saturated carbocycles. The number of rotatable bonds is 3. The van der Waals surface area contributed by atoms with Gasteiger partial charge in [0.2, 0.25) is 11.8 Å². The lowest BCUT2D eigenvalue weighted by Crippen LogP contribution is -2.59. The first-order valence-corrected chi connectivity index (χ1v) is 6.81. The van der Waals surface area contributed by atoms with E-state index in [9.17, 15) is 20.1 Å². The van der Waals surface area contributed by atoms with Crippen molar-refractivity contribution in [2.24, 2.45) is 11.8 Å². The van der Waals surface area contributed by atoms with Gasteiger partial charge < -0.3 is 0 Å². The zero-order chi connectivity index (χ0) is 15.5. The number of amides is 2. The van der Waals surface area contributed by atoms with Crippen molar-refractivity contribution in [2.45, 2.75) is 25.2 Å². The van der Waals surface area contributed by atoms with Gasteiger partial charge in [0.1, 0.15) is 11.8 Å². The summed E-state index contributed by atoms with van der Waals surface area (Å²) in [4.78, 5) is 24.2. The molecule has 5 heteroatoms. The van der Waals surface area contributed by atoms with Crippen LogP contribution in [0.1, 0.15) is 25.3 Å². The maximum Gasteiger partial charge on any atom is 0.244 e. The monoisotopic (exact) mass is 281 g/mol. The number of nitrogens with zero attached hydrogens (tertiary/aromatic N) is 2. The van der Waals surface area contributed by atoms with Crippen molar-refractivity contribution in [3.63, 3.8) is 0 Å². The number of imide groups is 1. The van der Waals surface area contributed by atoms with Gasteiger partial charge in [-0.1, -0.05) is 43.7 Å². The Kier molecular flexibility index (Phi) is 4.05. The maximum atomic E-state index is 12.1. The Bertz CT molecular complexity index is 608. The zero-order valence-electron chi connectivity index (χ0n) is 11.7. The molecule has 2 rings (SSSR count). The molecule has 1 N–H and O–H groups in total. The number of hydrogen-bond acceptors (Lipinski definition) is 4. The first kappa shape index (κ1) is 14.7. The minimum absolute atomic E-state index is 0.423. The summed E-state index contributed by atoms with van der Waals surface area (Å²) in [5.41, 5.74) is -0.396. The highest BCUT2D eigenvalue weighted by Crippen LogP contribution is 2.45. The Morgan fingerprint density at radius 2 is 1.62 bits per heavy atom. The molecular formula is C16H15N3O2. The first-order valence-electron chi connectivity index (χ1n) is 6.81. The molecule has 0 bridgehead atoms. The van der Waals surface area contributed by atoms with Crippen molar-refractivity contribution in [2.75, 3.05) is 0 Å². The SMILES string of the molecule is CCCC1(c2ccccc2)C(C#N)C(=O)NC(=O)C1C#N. The fraction of sp³-hybridized carbons (Fsp3) is 0.375. The standard InChI is InChI=1S/C16H15N3O2/c1-2-8-16(11-6-4-3-5-7-11)12(9-17)14(20)19-15(21)13(16)10-18/h3-7,12-13H,2,8H2,1H3,(H,19,20,21). The molecule has 106 valence electrons. The largest absolute Gasteiger partial charge is 0.294 e. The average molecular weight is 281 g/mol. The van der Waals surface area contributed by atoms with Gasteiger partial charge in [-0.3, -0.25) is 14.9 Å². The van der Waals surface area contributed by atoms with Crippen LogP contribution in [-0.2, 0) is 15.0 Å². The fourth-order valence-corrected chi connectivity index (χ4v) is 3.18. The second-order valence-corrected chi connectivity index (χ2v) is 5.13. The van der Waals surface area contributed by atoms with Gasteiger partial charge in [0.05, 0.1) is 12.1 Å². The average Bonchev–Trinajstić information content (AvgIpc) is 2.48. The molecule has 1 heterocycles. The number of benzene rings is 1. The minimum Gasteiger partial charge on any atom is -0.294 e. The Morgan fingerprint density at radius 1 is 1.10 bits per heavy atom. The highest BCUT2D eigenvalue weighted by molar-refractivity contribution is 6.04. The summed E-state index contributed by atoms with van der Waals surface area (Å²) in [5, 5.41) is 21.0. The second kappa shape index (κ2) is 5.76. The van der Waals surface area contributed by atoms with Gasteiger partial charge >= 0.3 is 0 Å². The topological polar surface area (TPSA) is 93.8 Å². The number of carbonyl (C=O) groups is 2. The molecule has 0 aliphatic carbocycles. The van der Waals surface area contributed by atoms with Crippen LogP contribution in [0.2, 0.25) is 0 Å². The molecule has 1 saturated heterocycles. The molecule has 2 amide bonds. The summed E-state index contributed by atoms with van der Waals surface area (Å²) in [5.74, 6) is -3.35. The molecule has 0 aromatic heterocycles. The van der Waals surface area contributed by atoms with E-state index >= 15 is 0 Å². The quantitative estimate of drug-likeness (QED) is 0.852. The van der Waals surface area contributed by atoms with Crippen LogP contribution in [0.4, 0.5) is 0 Å². The van der Waals surface area contributed by atoms with Crippen LogP contribution in [0.3, 0.4) is 0 Å². The van der Waals surface area contributed by atoms with Crippen LogP contribution in [0.25, 0.3) is 0 Å². The Hall–Kier alpha value is -2.66. The Morgan fingerprint density at radius 3 is 2.05 bits per heavy atom. The van der Waals surface area contributed by atoms with E-state index in [1.807, 2.05) is 25.1 Å². The molecule has 1 aliphatic rings. The van der Waals surface area contributed by atoms with Gasteiger partial charge in [0, 0.05) is 5.41 Å². The van der Waals surface area contributed by atoms with Gasteiger partial charge in [0.25, 0.3) is 0 Å². The van der Waals surface area contributed by atoms with E-state index in [0.29, 0.717) is 18.4 Å². The fourth-order valence-electron chi connectivity index (χ4n) is 3.18. The van der Waals surface area contributed by atoms with Crippen molar-refractivity contribution < 1.29 is 9.59 Å². The highest BCUT2D eigenvalue weighted by Gasteiger charge is 2.56. The van der Waals surface area contributed by atoms with E-state index in [-0.39, 0.29) is 0 Å². The number of piperidine rings is 1. The number of carbonyl (C=O) groups excluding carboxylic acids is 2. The first-order chi connectivity index (χ1) is 10.1. The van der Waals surface area contributed by atoms with Crippen LogP contribution in [0.15, 0.2) is 30.3 Å². The lowest BCUT2D eigenvalue weighted by molar-refractivity contribution is -0.141. The zero-order valence-corrected chi connectivity index (χ0v) is 11.7. The predicted octanol–water partition coefficient (Wildman–Crippen LogP) is 1.66. The third-order valence-electron chi connectivity index (χ3n) is 4.03. The molecule has 2 atom stereocenters. The number of hydrogen-bond donors (Lipinski definition) is 1. The normalized spacial score (nSPS) is 28.3. The van der Waals surface area contributed by atoms with Crippen molar-refractivity contribution >= 4 is 11.8 Å². The van der Waals surface area contributed by atoms with Crippen LogP contribution < -0.4 is 5.32 Å². The minimum atomic E-state index is -1.08. The molecule has 5 nitrogen and oxygen atoms in total. The van der Waals surface area contributed by atoms with E-state index in [1.165, 1.54) is 0 Å². The van der Waals surface area contributed by atoms with E-state index < -0.39 is 29.1 Å². The van der Waals surface area contributed by atoms with Crippen LogP contribution >= 0.6 is 0 Å². The van der Waals surface area contributed by atoms with Gasteiger partial charge in [-0.2, -0.15) is 10.5 Å². The van der Waals surface area contributed by atoms with Gasteiger partial charge in [-0.15, -0.1) is 0 Å².